The van der Waals surface area contributed by atoms with Crippen molar-refractivity contribution in [1.82, 2.24) is 25.1 Å². The topological polar surface area (TPSA) is 122 Å². The van der Waals surface area contributed by atoms with Crippen LogP contribution in [0.25, 0.3) is 5.95 Å². The molecule has 9 nitrogen and oxygen atoms in total. The molecule has 1 aliphatic rings. The molecule has 162 valence electrons. The number of carbonyl (C=O) groups is 2. The molecule has 1 saturated carbocycles. The van der Waals surface area contributed by atoms with Crippen molar-refractivity contribution in [3.8, 4) is 5.95 Å². The maximum absolute atomic E-state index is 12.6. The highest BCUT2D eigenvalue weighted by Crippen LogP contribution is 2.38. The van der Waals surface area contributed by atoms with Crippen LogP contribution in [0.15, 0.2) is 16.9 Å². The third kappa shape index (κ3) is 5.14. The Morgan fingerprint density at radius 2 is 2.00 bits per heavy atom. The number of amides is 2. The first-order valence-electron chi connectivity index (χ1n) is 10.4. The number of aromatic nitrogens is 4. The Balaban J connectivity index is 1.75. The number of carbonyl (C=O) groups excluding carboxylic acids is 2. The van der Waals surface area contributed by atoms with Gasteiger partial charge in [-0.25, -0.2) is 4.98 Å². The van der Waals surface area contributed by atoms with Gasteiger partial charge >= 0.3 is 11.8 Å². The molecular formula is C21H30N6O3. The zero-order valence-electron chi connectivity index (χ0n) is 18.2. The molecule has 0 aliphatic heterocycles. The first-order valence-corrected chi connectivity index (χ1v) is 10.4. The number of H-pyrrole nitrogens is 1. The van der Waals surface area contributed by atoms with Crippen LogP contribution in [0, 0.1) is 18.3 Å². The second-order valence-corrected chi connectivity index (χ2v) is 9.03. The number of aryl methyl sites for hydroxylation is 2. The van der Waals surface area contributed by atoms with E-state index in [2.05, 4.69) is 46.5 Å². The van der Waals surface area contributed by atoms with Crippen LogP contribution in [0.2, 0.25) is 0 Å². The van der Waals surface area contributed by atoms with Crippen molar-refractivity contribution in [3.63, 3.8) is 0 Å². The summed E-state index contributed by atoms with van der Waals surface area (Å²) in [5.74, 6) is -0.521. The van der Waals surface area contributed by atoms with Gasteiger partial charge in [0.15, 0.2) is 0 Å². The Hall–Kier alpha value is -2.97. The summed E-state index contributed by atoms with van der Waals surface area (Å²) < 4.78 is 1.33. The summed E-state index contributed by atoms with van der Waals surface area (Å²) >= 11 is 0. The first-order chi connectivity index (χ1) is 14.1. The summed E-state index contributed by atoms with van der Waals surface area (Å²) in [6.45, 7) is 10.2. The van der Waals surface area contributed by atoms with Gasteiger partial charge in [-0.05, 0) is 43.9 Å². The molecule has 2 aromatic rings. The van der Waals surface area contributed by atoms with Gasteiger partial charge in [0.2, 0.25) is 5.95 Å². The van der Waals surface area contributed by atoms with E-state index in [4.69, 9.17) is 0 Å². The molecule has 0 radical (unpaired) electrons. The molecule has 2 aromatic heterocycles. The highest BCUT2D eigenvalue weighted by Gasteiger charge is 2.33. The van der Waals surface area contributed by atoms with E-state index < -0.39 is 11.8 Å². The molecule has 0 unspecified atom stereocenters. The van der Waals surface area contributed by atoms with Crippen molar-refractivity contribution in [2.24, 2.45) is 11.3 Å². The molecule has 0 saturated heterocycles. The Labute approximate surface area is 175 Å². The van der Waals surface area contributed by atoms with Crippen LogP contribution in [0.5, 0.6) is 0 Å². The number of rotatable bonds is 4. The minimum atomic E-state index is -0.777. The minimum absolute atomic E-state index is 0.0343. The lowest BCUT2D eigenvalue weighted by Gasteiger charge is -2.39. The fourth-order valence-corrected chi connectivity index (χ4v) is 4.41. The van der Waals surface area contributed by atoms with Crippen molar-refractivity contribution in [1.29, 1.82) is 0 Å². The highest BCUT2D eigenvalue weighted by molar-refractivity contribution is 6.39. The fraction of sp³-hybridized carbons (Fsp3) is 0.571. The number of aromatic amines is 1. The van der Waals surface area contributed by atoms with E-state index in [1.165, 1.54) is 10.7 Å². The van der Waals surface area contributed by atoms with E-state index in [1.807, 2.05) is 6.92 Å². The Morgan fingerprint density at radius 1 is 1.27 bits per heavy atom. The minimum Gasteiger partial charge on any atom is -0.345 e. The van der Waals surface area contributed by atoms with Crippen LogP contribution >= 0.6 is 0 Å². The van der Waals surface area contributed by atoms with Crippen LogP contribution < -0.4 is 16.2 Å². The summed E-state index contributed by atoms with van der Waals surface area (Å²) in [7, 11) is 0. The van der Waals surface area contributed by atoms with Crippen molar-refractivity contribution >= 4 is 17.6 Å². The second-order valence-electron chi connectivity index (χ2n) is 9.03. The molecule has 30 heavy (non-hydrogen) atoms. The van der Waals surface area contributed by atoms with Gasteiger partial charge in [0.1, 0.15) is 5.82 Å². The third-order valence-corrected chi connectivity index (χ3v) is 5.35. The molecule has 1 fully saturated rings. The van der Waals surface area contributed by atoms with Gasteiger partial charge in [-0.3, -0.25) is 19.4 Å². The molecule has 3 N–H and O–H groups in total. The SMILES string of the molecule is CCc1cc(=O)[nH]c(-n2nc(C)cc2NC(=O)C(=O)N[C@H]2C[C@H](C)CC(C)(C)C2)n1. The van der Waals surface area contributed by atoms with Crippen molar-refractivity contribution in [2.75, 3.05) is 5.32 Å². The molecule has 2 heterocycles. The van der Waals surface area contributed by atoms with Crippen LogP contribution in [-0.4, -0.2) is 37.6 Å². The third-order valence-electron chi connectivity index (χ3n) is 5.35. The van der Waals surface area contributed by atoms with Crippen molar-refractivity contribution in [3.05, 3.63) is 33.9 Å². The van der Waals surface area contributed by atoms with Gasteiger partial charge < -0.3 is 10.6 Å². The fourth-order valence-electron chi connectivity index (χ4n) is 4.41. The number of hydrogen-bond donors (Lipinski definition) is 3. The van der Waals surface area contributed by atoms with Crippen LogP contribution in [0.1, 0.15) is 58.3 Å². The first kappa shape index (κ1) is 21.7. The van der Waals surface area contributed by atoms with E-state index in [0.717, 1.165) is 19.3 Å². The molecule has 0 bridgehead atoms. The zero-order valence-corrected chi connectivity index (χ0v) is 18.2. The lowest BCUT2D eigenvalue weighted by atomic mass is 9.70. The highest BCUT2D eigenvalue weighted by atomic mass is 16.2. The predicted octanol–water partition coefficient (Wildman–Crippen LogP) is 2.10. The van der Waals surface area contributed by atoms with E-state index in [0.29, 0.717) is 23.7 Å². The molecule has 1 aliphatic carbocycles. The molecule has 9 heteroatoms. The summed E-state index contributed by atoms with van der Waals surface area (Å²) in [6, 6.07) is 3.00. The van der Waals surface area contributed by atoms with Crippen molar-refractivity contribution in [2.45, 2.75) is 66.3 Å². The summed E-state index contributed by atoms with van der Waals surface area (Å²) in [4.78, 5) is 44.0. The monoisotopic (exact) mass is 414 g/mol. The van der Waals surface area contributed by atoms with Gasteiger partial charge in [-0.15, -0.1) is 0 Å². The Bertz CT molecular complexity index is 1010. The average Bonchev–Trinajstić information content (AvgIpc) is 2.99. The standard InChI is InChI=1S/C21H30N6O3/c1-6-14-9-17(28)25-20(23-14)27-16(8-13(3)26-27)24-19(30)18(29)22-15-7-12(2)10-21(4,5)11-15/h8-9,12,15H,6-7,10-11H2,1-5H3,(H,22,29)(H,24,30)(H,23,25,28)/t12-,15-/m0/s1. The number of nitrogens with one attached hydrogen (secondary N) is 3. The molecule has 2 atom stereocenters. The molecular weight excluding hydrogens is 384 g/mol. The van der Waals surface area contributed by atoms with E-state index in [9.17, 15) is 14.4 Å². The largest absolute Gasteiger partial charge is 0.345 e. The van der Waals surface area contributed by atoms with Gasteiger partial charge in [-0.1, -0.05) is 27.7 Å². The number of anilines is 1. The average molecular weight is 415 g/mol. The normalized spacial score (nSPS) is 20.6. The van der Waals surface area contributed by atoms with Gasteiger partial charge in [-0.2, -0.15) is 9.78 Å². The molecule has 3 rings (SSSR count). The summed E-state index contributed by atoms with van der Waals surface area (Å²) in [5.41, 5.74) is 1.03. The number of nitrogens with zero attached hydrogens (tertiary/aromatic N) is 3. The summed E-state index contributed by atoms with van der Waals surface area (Å²) in [6.07, 6.45) is 3.38. The molecule has 0 spiro atoms. The van der Waals surface area contributed by atoms with Crippen LogP contribution in [0.4, 0.5) is 5.82 Å². The molecule has 2 amide bonds. The van der Waals surface area contributed by atoms with Gasteiger partial charge in [0, 0.05) is 23.9 Å². The summed E-state index contributed by atoms with van der Waals surface area (Å²) in [5, 5.41) is 9.75. The van der Waals surface area contributed by atoms with E-state index in [-0.39, 0.29) is 28.8 Å². The van der Waals surface area contributed by atoms with E-state index >= 15 is 0 Å². The van der Waals surface area contributed by atoms with Crippen molar-refractivity contribution < 1.29 is 9.59 Å². The maximum Gasteiger partial charge on any atom is 0.314 e. The Kier molecular flexibility index (Phi) is 6.09. The Morgan fingerprint density at radius 3 is 2.67 bits per heavy atom. The van der Waals surface area contributed by atoms with Crippen LogP contribution in [0.3, 0.4) is 0 Å². The van der Waals surface area contributed by atoms with Crippen LogP contribution in [-0.2, 0) is 16.0 Å². The lowest BCUT2D eigenvalue weighted by molar-refractivity contribution is -0.137. The number of hydrogen-bond acceptors (Lipinski definition) is 5. The smallest absolute Gasteiger partial charge is 0.314 e. The lowest BCUT2D eigenvalue weighted by Crippen LogP contribution is -2.46. The predicted molar refractivity (Wildman–Crippen MR) is 113 cm³/mol. The quantitative estimate of drug-likeness (QED) is 0.662. The van der Waals surface area contributed by atoms with Gasteiger partial charge in [0.25, 0.3) is 5.56 Å². The van der Waals surface area contributed by atoms with E-state index in [1.54, 1.807) is 13.0 Å². The zero-order chi connectivity index (χ0) is 22.1. The maximum atomic E-state index is 12.6. The second kappa shape index (κ2) is 8.41. The van der Waals surface area contributed by atoms with Gasteiger partial charge in [0.05, 0.1) is 5.69 Å². The molecule has 0 aromatic carbocycles.